The molecule has 1 aliphatic heterocycles. The fourth-order valence-corrected chi connectivity index (χ4v) is 2.42. The molecular weight excluding hydrogens is 260 g/mol. The molecule has 1 N–H and O–H groups in total. The number of carbonyl (C=O) groups excluding carboxylic acids is 1. The van der Waals surface area contributed by atoms with Gasteiger partial charge in [-0.1, -0.05) is 24.3 Å². The SMILES string of the molecule is O=C(Cc1cccc(F)c1F)c1ccc2c(c1)NCC2. The van der Waals surface area contributed by atoms with Gasteiger partial charge >= 0.3 is 0 Å². The van der Waals surface area contributed by atoms with E-state index in [-0.39, 0.29) is 17.8 Å². The van der Waals surface area contributed by atoms with Crippen LogP contribution in [-0.2, 0) is 12.8 Å². The van der Waals surface area contributed by atoms with E-state index in [9.17, 15) is 13.6 Å². The molecule has 3 rings (SSSR count). The highest BCUT2D eigenvalue weighted by atomic mass is 19.2. The van der Waals surface area contributed by atoms with Gasteiger partial charge in [0, 0.05) is 24.2 Å². The summed E-state index contributed by atoms with van der Waals surface area (Å²) in [5.41, 5.74) is 2.74. The first-order valence-electron chi connectivity index (χ1n) is 6.48. The first-order valence-corrected chi connectivity index (χ1v) is 6.48. The molecule has 102 valence electrons. The fourth-order valence-electron chi connectivity index (χ4n) is 2.42. The zero-order chi connectivity index (χ0) is 14.1. The summed E-state index contributed by atoms with van der Waals surface area (Å²) in [4.78, 5) is 12.2. The third-order valence-corrected chi connectivity index (χ3v) is 3.52. The first kappa shape index (κ1) is 12.8. The van der Waals surface area contributed by atoms with Gasteiger partial charge < -0.3 is 5.32 Å². The highest BCUT2D eigenvalue weighted by Crippen LogP contribution is 2.24. The summed E-state index contributed by atoms with van der Waals surface area (Å²) >= 11 is 0. The molecule has 20 heavy (non-hydrogen) atoms. The fraction of sp³-hybridized carbons (Fsp3) is 0.188. The van der Waals surface area contributed by atoms with Crippen LogP contribution >= 0.6 is 0 Å². The number of rotatable bonds is 3. The second-order valence-electron chi connectivity index (χ2n) is 4.86. The van der Waals surface area contributed by atoms with Crippen LogP contribution in [0.3, 0.4) is 0 Å². The average Bonchev–Trinajstić information content (AvgIpc) is 2.91. The molecule has 0 saturated heterocycles. The maximum atomic E-state index is 13.6. The van der Waals surface area contributed by atoms with E-state index in [0.717, 1.165) is 24.7 Å². The van der Waals surface area contributed by atoms with E-state index in [0.29, 0.717) is 5.56 Å². The molecule has 2 aromatic carbocycles. The highest BCUT2D eigenvalue weighted by molar-refractivity contribution is 5.98. The average molecular weight is 273 g/mol. The summed E-state index contributed by atoms with van der Waals surface area (Å²) in [6, 6.07) is 9.31. The predicted octanol–water partition coefficient (Wildman–Crippen LogP) is 3.36. The largest absolute Gasteiger partial charge is 0.384 e. The maximum absolute atomic E-state index is 13.6. The molecule has 0 unspecified atom stereocenters. The Morgan fingerprint density at radius 3 is 2.90 bits per heavy atom. The number of carbonyl (C=O) groups is 1. The van der Waals surface area contributed by atoms with Crippen LogP contribution in [0, 0.1) is 11.6 Å². The summed E-state index contributed by atoms with van der Waals surface area (Å²) in [5.74, 6) is -2.09. The van der Waals surface area contributed by atoms with Gasteiger partial charge in [0.15, 0.2) is 17.4 Å². The zero-order valence-corrected chi connectivity index (χ0v) is 10.7. The summed E-state index contributed by atoms with van der Waals surface area (Å²) in [6.45, 7) is 0.867. The van der Waals surface area contributed by atoms with Crippen LogP contribution in [0.4, 0.5) is 14.5 Å². The van der Waals surface area contributed by atoms with E-state index < -0.39 is 11.6 Å². The van der Waals surface area contributed by atoms with Crippen molar-refractivity contribution in [1.82, 2.24) is 0 Å². The maximum Gasteiger partial charge on any atom is 0.167 e. The molecular formula is C16H13F2NO. The van der Waals surface area contributed by atoms with Gasteiger partial charge in [0.1, 0.15) is 0 Å². The number of hydrogen-bond acceptors (Lipinski definition) is 2. The van der Waals surface area contributed by atoms with Gasteiger partial charge in [-0.3, -0.25) is 4.79 Å². The second kappa shape index (κ2) is 5.04. The molecule has 0 aromatic heterocycles. The number of benzene rings is 2. The lowest BCUT2D eigenvalue weighted by Gasteiger charge is -2.06. The number of halogens is 2. The highest BCUT2D eigenvalue weighted by Gasteiger charge is 2.16. The molecule has 0 atom stereocenters. The second-order valence-corrected chi connectivity index (χ2v) is 4.86. The molecule has 0 amide bonds. The molecule has 1 heterocycles. The molecule has 0 radical (unpaired) electrons. The Bertz CT molecular complexity index is 682. The van der Waals surface area contributed by atoms with Crippen molar-refractivity contribution in [3.63, 3.8) is 0 Å². The molecule has 0 saturated carbocycles. The van der Waals surface area contributed by atoms with Crippen LogP contribution in [0.5, 0.6) is 0 Å². The molecule has 0 spiro atoms. The van der Waals surface area contributed by atoms with E-state index in [2.05, 4.69) is 5.32 Å². The molecule has 0 aliphatic carbocycles. The molecule has 2 nitrogen and oxygen atoms in total. The quantitative estimate of drug-likeness (QED) is 0.869. The number of nitrogens with one attached hydrogen (secondary N) is 1. The third-order valence-electron chi connectivity index (χ3n) is 3.52. The molecule has 0 bridgehead atoms. The van der Waals surface area contributed by atoms with Gasteiger partial charge in [-0.2, -0.15) is 0 Å². The minimum absolute atomic E-state index is 0.0865. The zero-order valence-electron chi connectivity index (χ0n) is 10.7. The van der Waals surface area contributed by atoms with Crippen molar-refractivity contribution >= 4 is 11.5 Å². The number of anilines is 1. The Morgan fingerprint density at radius 1 is 1.20 bits per heavy atom. The normalized spacial score (nSPS) is 12.9. The van der Waals surface area contributed by atoms with Crippen molar-refractivity contribution < 1.29 is 13.6 Å². The summed E-state index contributed by atoms with van der Waals surface area (Å²) in [5, 5.41) is 3.19. The van der Waals surface area contributed by atoms with Crippen LogP contribution in [0.1, 0.15) is 21.5 Å². The van der Waals surface area contributed by atoms with E-state index >= 15 is 0 Å². The Balaban J connectivity index is 1.84. The monoisotopic (exact) mass is 273 g/mol. The van der Waals surface area contributed by atoms with Gasteiger partial charge in [0.05, 0.1) is 0 Å². The van der Waals surface area contributed by atoms with Crippen molar-refractivity contribution in [2.75, 3.05) is 11.9 Å². The van der Waals surface area contributed by atoms with Crippen molar-refractivity contribution in [2.45, 2.75) is 12.8 Å². The number of hydrogen-bond donors (Lipinski definition) is 1. The minimum atomic E-state index is -0.944. The van der Waals surface area contributed by atoms with Crippen LogP contribution in [0.2, 0.25) is 0 Å². The lowest BCUT2D eigenvalue weighted by Crippen LogP contribution is -2.06. The van der Waals surface area contributed by atoms with E-state index in [4.69, 9.17) is 0 Å². The van der Waals surface area contributed by atoms with Crippen molar-refractivity contribution in [2.24, 2.45) is 0 Å². The first-order chi connectivity index (χ1) is 9.65. The van der Waals surface area contributed by atoms with Crippen LogP contribution in [0.25, 0.3) is 0 Å². The third kappa shape index (κ3) is 2.29. The van der Waals surface area contributed by atoms with Gasteiger partial charge in [0.25, 0.3) is 0 Å². The van der Waals surface area contributed by atoms with Gasteiger partial charge in [-0.15, -0.1) is 0 Å². The summed E-state index contributed by atoms with van der Waals surface area (Å²) < 4.78 is 26.7. The van der Waals surface area contributed by atoms with Crippen LogP contribution < -0.4 is 5.32 Å². The smallest absolute Gasteiger partial charge is 0.167 e. The topological polar surface area (TPSA) is 29.1 Å². The Kier molecular flexibility index (Phi) is 3.22. The Hall–Kier alpha value is -2.23. The minimum Gasteiger partial charge on any atom is -0.384 e. The number of Topliss-reactive ketones (excluding diaryl/α,β-unsaturated/α-hetero) is 1. The standard InChI is InChI=1S/C16H13F2NO/c17-13-3-1-2-12(16(13)18)9-15(20)11-5-4-10-6-7-19-14(10)8-11/h1-5,8,19H,6-7,9H2. The number of fused-ring (bicyclic) bond motifs is 1. The molecule has 0 fully saturated rings. The van der Waals surface area contributed by atoms with Gasteiger partial charge in [-0.05, 0) is 29.7 Å². The lowest BCUT2D eigenvalue weighted by atomic mass is 10.0. The number of ketones is 1. The Morgan fingerprint density at radius 2 is 2.05 bits per heavy atom. The van der Waals surface area contributed by atoms with Crippen molar-refractivity contribution in [3.8, 4) is 0 Å². The molecule has 4 heteroatoms. The van der Waals surface area contributed by atoms with Crippen molar-refractivity contribution in [3.05, 3.63) is 64.7 Å². The van der Waals surface area contributed by atoms with E-state index in [1.165, 1.54) is 17.7 Å². The van der Waals surface area contributed by atoms with Crippen molar-refractivity contribution in [1.29, 1.82) is 0 Å². The summed E-state index contributed by atoms with van der Waals surface area (Å²) in [7, 11) is 0. The molecule has 2 aromatic rings. The van der Waals surface area contributed by atoms with Gasteiger partial charge in [0.2, 0.25) is 0 Å². The van der Waals surface area contributed by atoms with Crippen LogP contribution in [0.15, 0.2) is 36.4 Å². The summed E-state index contributed by atoms with van der Waals surface area (Å²) in [6.07, 6.45) is 0.810. The van der Waals surface area contributed by atoms with Crippen LogP contribution in [-0.4, -0.2) is 12.3 Å². The Labute approximate surface area is 115 Å². The van der Waals surface area contributed by atoms with E-state index in [1.54, 1.807) is 12.1 Å². The molecule has 1 aliphatic rings. The lowest BCUT2D eigenvalue weighted by molar-refractivity contribution is 0.0991. The predicted molar refractivity (Wildman–Crippen MR) is 73.0 cm³/mol. The van der Waals surface area contributed by atoms with Gasteiger partial charge in [-0.25, -0.2) is 8.78 Å². The van der Waals surface area contributed by atoms with E-state index in [1.807, 2.05) is 6.07 Å².